The maximum atomic E-state index is 12.9. The van der Waals surface area contributed by atoms with Gasteiger partial charge in [0.15, 0.2) is 3.77 Å². The molecule has 0 atom stereocenters. The second-order valence-corrected chi connectivity index (χ2v) is 8.10. The summed E-state index contributed by atoms with van der Waals surface area (Å²) >= 11 is 2.07. The summed E-state index contributed by atoms with van der Waals surface area (Å²) in [6.07, 6.45) is 9.48. The largest absolute Gasteiger partial charge is 0.451 e. The molecule has 1 aliphatic carbocycles. The molecule has 148 valence electrons. The number of furan rings is 1. The fourth-order valence-corrected chi connectivity index (χ4v) is 3.79. The van der Waals surface area contributed by atoms with E-state index in [4.69, 9.17) is 4.42 Å². The van der Waals surface area contributed by atoms with E-state index in [0.29, 0.717) is 11.3 Å². The van der Waals surface area contributed by atoms with Gasteiger partial charge in [-0.05, 0) is 59.7 Å². The van der Waals surface area contributed by atoms with Crippen LogP contribution >= 0.6 is 22.6 Å². The number of nitrogens with one attached hydrogen (secondary N) is 2. The van der Waals surface area contributed by atoms with E-state index in [1.54, 1.807) is 36.4 Å². The van der Waals surface area contributed by atoms with Gasteiger partial charge in [0.05, 0.1) is 0 Å². The highest BCUT2D eigenvalue weighted by Gasteiger charge is 2.19. The van der Waals surface area contributed by atoms with Crippen LogP contribution in [0.15, 0.2) is 52.6 Å². The molecule has 2 N–H and O–H groups in total. The van der Waals surface area contributed by atoms with Crippen LogP contribution in [0.1, 0.15) is 61.1 Å². The van der Waals surface area contributed by atoms with Crippen LogP contribution in [-0.4, -0.2) is 17.9 Å². The lowest BCUT2D eigenvalue weighted by Crippen LogP contribution is -2.40. The zero-order chi connectivity index (χ0) is 19.8. The number of carbonyl (C=O) groups excluding carboxylic acids is 2. The van der Waals surface area contributed by atoms with E-state index in [0.717, 1.165) is 29.5 Å². The van der Waals surface area contributed by atoms with Gasteiger partial charge in [0.1, 0.15) is 11.5 Å². The number of hydrogen-bond donors (Lipinski definition) is 2. The lowest BCUT2D eigenvalue weighted by atomic mass is 9.96. The normalized spacial score (nSPS) is 16.1. The number of carbonyl (C=O) groups is 2. The fourth-order valence-electron chi connectivity index (χ4n) is 3.35. The molecule has 0 spiro atoms. The van der Waals surface area contributed by atoms with Crippen LogP contribution in [0.5, 0.6) is 0 Å². The number of halogens is 1. The highest BCUT2D eigenvalue weighted by molar-refractivity contribution is 14.1. The van der Waals surface area contributed by atoms with Crippen LogP contribution in [0.25, 0.3) is 6.08 Å². The minimum absolute atomic E-state index is 0.140. The van der Waals surface area contributed by atoms with E-state index < -0.39 is 0 Å². The van der Waals surface area contributed by atoms with Crippen LogP contribution in [-0.2, 0) is 4.79 Å². The van der Waals surface area contributed by atoms with E-state index in [9.17, 15) is 9.59 Å². The molecule has 0 radical (unpaired) electrons. The third-order valence-corrected chi connectivity index (χ3v) is 5.43. The monoisotopic (exact) mass is 492 g/mol. The highest BCUT2D eigenvalue weighted by Crippen LogP contribution is 2.18. The van der Waals surface area contributed by atoms with Gasteiger partial charge in [0.25, 0.3) is 11.8 Å². The van der Waals surface area contributed by atoms with Crippen molar-refractivity contribution in [1.82, 2.24) is 10.6 Å². The first kappa shape index (κ1) is 20.6. The van der Waals surface area contributed by atoms with Crippen molar-refractivity contribution >= 4 is 40.5 Å². The van der Waals surface area contributed by atoms with Crippen molar-refractivity contribution < 1.29 is 14.0 Å². The van der Waals surface area contributed by atoms with Gasteiger partial charge < -0.3 is 15.1 Å². The van der Waals surface area contributed by atoms with Crippen LogP contribution in [0.4, 0.5) is 0 Å². The Morgan fingerprint density at radius 2 is 1.64 bits per heavy atom. The standard InChI is InChI=1S/C22H25IN2O3/c23-20-14-13-18(28-20)15-19(25-21(26)16-9-5-4-6-10-16)22(27)24-17-11-7-2-1-3-8-12-17/h4-6,9-10,13-15,17H,1-3,7-8,11-12H2,(H,24,27)(H,25,26)/b19-15-. The van der Waals surface area contributed by atoms with Crippen molar-refractivity contribution in [3.8, 4) is 0 Å². The molecule has 2 aromatic rings. The molecule has 1 aromatic carbocycles. The molecule has 3 rings (SSSR count). The summed E-state index contributed by atoms with van der Waals surface area (Å²) in [5, 5.41) is 5.86. The molecule has 5 nitrogen and oxygen atoms in total. The van der Waals surface area contributed by atoms with Crippen LogP contribution in [0.2, 0.25) is 0 Å². The summed E-state index contributed by atoms with van der Waals surface area (Å²) in [7, 11) is 0. The smallest absolute Gasteiger partial charge is 0.268 e. The zero-order valence-electron chi connectivity index (χ0n) is 15.7. The van der Waals surface area contributed by atoms with Gasteiger partial charge in [-0.15, -0.1) is 0 Å². The first-order valence-corrected chi connectivity index (χ1v) is 10.8. The summed E-state index contributed by atoms with van der Waals surface area (Å²) in [5.74, 6) is -0.0669. The molecule has 2 amide bonds. The second-order valence-electron chi connectivity index (χ2n) is 7.04. The number of amides is 2. The van der Waals surface area contributed by atoms with E-state index in [1.165, 1.54) is 19.3 Å². The van der Waals surface area contributed by atoms with E-state index in [2.05, 4.69) is 33.2 Å². The summed E-state index contributed by atoms with van der Waals surface area (Å²) in [6, 6.07) is 12.6. The van der Waals surface area contributed by atoms with Crippen molar-refractivity contribution in [3.05, 3.63) is 63.3 Å². The Hall–Kier alpha value is -2.09. The van der Waals surface area contributed by atoms with Crippen molar-refractivity contribution in [1.29, 1.82) is 0 Å². The topological polar surface area (TPSA) is 71.3 Å². The fraction of sp³-hybridized carbons (Fsp3) is 0.364. The van der Waals surface area contributed by atoms with E-state index in [1.807, 2.05) is 12.1 Å². The molecule has 1 heterocycles. The molecule has 1 aliphatic rings. The Balaban J connectivity index is 1.76. The van der Waals surface area contributed by atoms with Gasteiger partial charge in [-0.25, -0.2) is 0 Å². The summed E-state index contributed by atoms with van der Waals surface area (Å²) in [6.45, 7) is 0. The van der Waals surface area contributed by atoms with Gasteiger partial charge >= 0.3 is 0 Å². The molecular formula is C22H25IN2O3. The predicted octanol–water partition coefficient (Wildman–Crippen LogP) is 4.88. The van der Waals surface area contributed by atoms with Crippen molar-refractivity contribution in [2.45, 2.75) is 51.0 Å². The zero-order valence-corrected chi connectivity index (χ0v) is 17.9. The molecule has 1 aromatic heterocycles. The quantitative estimate of drug-likeness (QED) is 0.462. The van der Waals surface area contributed by atoms with Gasteiger partial charge in [-0.3, -0.25) is 9.59 Å². The average molecular weight is 492 g/mol. The first-order chi connectivity index (χ1) is 13.6. The maximum absolute atomic E-state index is 12.9. The molecule has 1 saturated carbocycles. The highest BCUT2D eigenvalue weighted by atomic mass is 127. The molecule has 0 bridgehead atoms. The van der Waals surface area contributed by atoms with Gasteiger partial charge in [-0.2, -0.15) is 0 Å². The second kappa shape index (κ2) is 10.5. The first-order valence-electron chi connectivity index (χ1n) is 9.76. The molecule has 0 aliphatic heterocycles. The van der Waals surface area contributed by atoms with Crippen molar-refractivity contribution in [3.63, 3.8) is 0 Å². The average Bonchev–Trinajstić information content (AvgIpc) is 3.08. The number of rotatable bonds is 5. The van der Waals surface area contributed by atoms with E-state index in [-0.39, 0.29) is 23.6 Å². The minimum atomic E-state index is -0.319. The third kappa shape index (κ3) is 6.22. The Kier molecular flexibility index (Phi) is 7.71. The lowest BCUT2D eigenvalue weighted by molar-refractivity contribution is -0.118. The summed E-state index contributed by atoms with van der Waals surface area (Å²) in [5.41, 5.74) is 0.697. The Morgan fingerprint density at radius 3 is 2.29 bits per heavy atom. The summed E-state index contributed by atoms with van der Waals surface area (Å²) in [4.78, 5) is 25.5. The van der Waals surface area contributed by atoms with Crippen LogP contribution in [0.3, 0.4) is 0 Å². The third-order valence-electron chi connectivity index (χ3n) is 4.85. The molecule has 0 saturated heterocycles. The molecule has 1 fully saturated rings. The Labute approximate surface area is 179 Å². The number of benzene rings is 1. The van der Waals surface area contributed by atoms with Crippen LogP contribution < -0.4 is 10.6 Å². The van der Waals surface area contributed by atoms with Crippen molar-refractivity contribution in [2.24, 2.45) is 0 Å². The van der Waals surface area contributed by atoms with Gasteiger partial charge in [0.2, 0.25) is 0 Å². The van der Waals surface area contributed by atoms with Crippen molar-refractivity contribution in [2.75, 3.05) is 0 Å². The lowest BCUT2D eigenvalue weighted by Gasteiger charge is -2.22. The molecular weight excluding hydrogens is 467 g/mol. The Bertz CT molecular complexity index is 821. The van der Waals surface area contributed by atoms with E-state index >= 15 is 0 Å². The number of hydrogen-bond acceptors (Lipinski definition) is 3. The minimum Gasteiger partial charge on any atom is -0.451 e. The summed E-state index contributed by atoms with van der Waals surface area (Å²) < 4.78 is 6.28. The van der Waals surface area contributed by atoms with Crippen LogP contribution in [0, 0.1) is 3.77 Å². The molecule has 6 heteroatoms. The van der Waals surface area contributed by atoms with Gasteiger partial charge in [0, 0.05) is 17.7 Å². The molecule has 0 unspecified atom stereocenters. The molecule has 28 heavy (non-hydrogen) atoms. The predicted molar refractivity (Wildman–Crippen MR) is 118 cm³/mol. The Morgan fingerprint density at radius 1 is 0.964 bits per heavy atom. The maximum Gasteiger partial charge on any atom is 0.268 e. The SMILES string of the molecule is O=C(NC1CCCCCCC1)/C(=C/c1ccc(I)o1)NC(=O)c1ccccc1. The van der Waals surface area contributed by atoms with Gasteiger partial charge in [-0.1, -0.05) is 50.3 Å².